The molecule has 0 aliphatic rings. The second-order valence-electron chi connectivity index (χ2n) is 5.92. The monoisotopic (exact) mass is 429 g/mol. The third kappa shape index (κ3) is 4.62. The lowest BCUT2D eigenvalue weighted by Gasteiger charge is -2.15. The van der Waals surface area contributed by atoms with Gasteiger partial charge in [-0.05, 0) is 37.3 Å². The molecule has 3 aromatic rings. The van der Waals surface area contributed by atoms with Gasteiger partial charge in [0.1, 0.15) is 24.1 Å². The standard InChI is InChI=1S/C20H17Cl2N5O2/c1-2-28-17-7-11(18-14(9-23)19(24)27-20(25)26-18)4-6-16(17)29-10-12-3-5-13(21)8-15(12)22/h3-8H,2,10H2,1H3,(H4,24,25,26,27). The van der Waals surface area contributed by atoms with Crippen molar-refractivity contribution in [3.63, 3.8) is 0 Å². The predicted molar refractivity (Wildman–Crippen MR) is 113 cm³/mol. The van der Waals surface area contributed by atoms with Crippen molar-refractivity contribution < 1.29 is 9.47 Å². The molecule has 0 fully saturated rings. The van der Waals surface area contributed by atoms with E-state index >= 15 is 0 Å². The van der Waals surface area contributed by atoms with Gasteiger partial charge >= 0.3 is 0 Å². The van der Waals surface area contributed by atoms with E-state index in [1.807, 2.05) is 13.0 Å². The summed E-state index contributed by atoms with van der Waals surface area (Å²) in [5.41, 5.74) is 13.3. The van der Waals surface area contributed by atoms with Gasteiger partial charge in [0, 0.05) is 21.2 Å². The lowest BCUT2D eigenvalue weighted by atomic mass is 10.1. The number of hydrogen-bond donors (Lipinski definition) is 2. The molecule has 3 rings (SSSR count). The topological polar surface area (TPSA) is 120 Å². The second-order valence-corrected chi connectivity index (χ2v) is 6.77. The van der Waals surface area contributed by atoms with E-state index in [0.29, 0.717) is 39.4 Å². The maximum atomic E-state index is 9.41. The van der Waals surface area contributed by atoms with E-state index in [1.54, 1.807) is 36.4 Å². The molecular weight excluding hydrogens is 413 g/mol. The fourth-order valence-corrected chi connectivity index (χ4v) is 3.12. The molecule has 7 nitrogen and oxygen atoms in total. The summed E-state index contributed by atoms with van der Waals surface area (Å²) in [5.74, 6) is 0.989. The maximum absolute atomic E-state index is 9.41. The minimum atomic E-state index is -0.0211. The van der Waals surface area contributed by atoms with Gasteiger partial charge in [0.25, 0.3) is 0 Å². The van der Waals surface area contributed by atoms with E-state index in [-0.39, 0.29) is 23.9 Å². The number of hydrogen-bond acceptors (Lipinski definition) is 7. The van der Waals surface area contributed by atoms with Crippen LogP contribution in [0, 0.1) is 11.3 Å². The summed E-state index contributed by atoms with van der Waals surface area (Å²) in [6.45, 7) is 2.50. The summed E-state index contributed by atoms with van der Waals surface area (Å²) in [6, 6.07) is 12.4. The minimum absolute atomic E-state index is 0.0191. The highest BCUT2D eigenvalue weighted by molar-refractivity contribution is 6.35. The summed E-state index contributed by atoms with van der Waals surface area (Å²) in [7, 11) is 0. The highest BCUT2D eigenvalue weighted by atomic mass is 35.5. The van der Waals surface area contributed by atoms with Gasteiger partial charge < -0.3 is 20.9 Å². The van der Waals surface area contributed by atoms with Crippen LogP contribution in [0.5, 0.6) is 11.5 Å². The Hall–Kier alpha value is -3.21. The fourth-order valence-electron chi connectivity index (χ4n) is 2.65. The van der Waals surface area contributed by atoms with Crippen LogP contribution >= 0.6 is 23.2 Å². The van der Waals surface area contributed by atoms with Crippen LogP contribution in [0.4, 0.5) is 11.8 Å². The SMILES string of the molecule is CCOc1cc(-c2nc(N)nc(N)c2C#N)ccc1OCc1ccc(Cl)cc1Cl. The van der Waals surface area contributed by atoms with Crippen LogP contribution in [-0.4, -0.2) is 16.6 Å². The maximum Gasteiger partial charge on any atom is 0.222 e. The van der Waals surface area contributed by atoms with Crippen molar-refractivity contribution in [3.8, 4) is 28.8 Å². The van der Waals surface area contributed by atoms with Gasteiger partial charge in [0.15, 0.2) is 11.5 Å². The van der Waals surface area contributed by atoms with Gasteiger partial charge in [0.2, 0.25) is 5.95 Å². The molecule has 0 saturated heterocycles. The van der Waals surface area contributed by atoms with Crippen molar-refractivity contribution in [2.24, 2.45) is 0 Å². The zero-order valence-electron chi connectivity index (χ0n) is 15.4. The van der Waals surface area contributed by atoms with Crippen LogP contribution in [0.2, 0.25) is 10.0 Å². The summed E-state index contributed by atoms with van der Waals surface area (Å²) >= 11 is 12.1. The van der Waals surface area contributed by atoms with E-state index in [4.69, 9.17) is 44.1 Å². The molecule has 1 aromatic heterocycles. The molecule has 0 unspecified atom stereocenters. The number of rotatable bonds is 6. The highest BCUT2D eigenvalue weighted by Crippen LogP contribution is 2.35. The van der Waals surface area contributed by atoms with Gasteiger partial charge in [-0.15, -0.1) is 0 Å². The van der Waals surface area contributed by atoms with E-state index in [0.717, 1.165) is 5.56 Å². The number of halogens is 2. The molecule has 4 N–H and O–H groups in total. The minimum Gasteiger partial charge on any atom is -0.490 e. The molecule has 2 aromatic carbocycles. The molecular formula is C20H17Cl2N5O2. The lowest BCUT2D eigenvalue weighted by Crippen LogP contribution is -2.05. The van der Waals surface area contributed by atoms with Crippen molar-refractivity contribution in [1.82, 2.24) is 9.97 Å². The van der Waals surface area contributed by atoms with Crippen molar-refractivity contribution in [2.45, 2.75) is 13.5 Å². The first-order valence-corrected chi connectivity index (χ1v) is 9.35. The van der Waals surface area contributed by atoms with Crippen LogP contribution < -0.4 is 20.9 Å². The number of aromatic nitrogens is 2. The molecule has 0 amide bonds. The average Bonchev–Trinajstić information content (AvgIpc) is 2.68. The predicted octanol–water partition coefficient (Wildman–Crippen LogP) is 4.46. The van der Waals surface area contributed by atoms with E-state index in [2.05, 4.69) is 9.97 Å². The molecule has 0 aliphatic heterocycles. The Bertz CT molecular complexity index is 1100. The van der Waals surface area contributed by atoms with Gasteiger partial charge in [-0.1, -0.05) is 29.3 Å². The van der Waals surface area contributed by atoms with E-state index in [9.17, 15) is 5.26 Å². The number of nitrogens with zero attached hydrogens (tertiary/aromatic N) is 3. The van der Waals surface area contributed by atoms with Crippen LogP contribution in [0.15, 0.2) is 36.4 Å². The Balaban J connectivity index is 1.95. The summed E-state index contributed by atoms with van der Waals surface area (Å²) in [4.78, 5) is 7.99. The first-order valence-electron chi connectivity index (χ1n) is 8.60. The average molecular weight is 430 g/mol. The first kappa shape index (κ1) is 20.5. The number of ether oxygens (including phenoxy) is 2. The third-order valence-electron chi connectivity index (χ3n) is 3.98. The normalized spacial score (nSPS) is 10.4. The Labute approximate surface area is 177 Å². The Morgan fingerprint density at radius 1 is 1.03 bits per heavy atom. The lowest BCUT2D eigenvalue weighted by molar-refractivity contribution is 0.269. The number of anilines is 2. The molecule has 0 aliphatic carbocycles. The van der Waals surface area contributed by atoms with Gasteiger partial charge in [0.05, 0.1) is 12.3 Å². The third-order valence-corrected chi connectivity index (χ3v) is 4.57. The number of benzene rings is 2. The Morgan fingerprint density at radius 2 is 1.83 bits per heavy atom. The number of nitriles is 1. The molecule has 0 radical (unpaired) electrons. The number of nitrogens with two attached hydrogens (primary N) is 2. The van der Waals surface area contributed by atoms with Gasteiger partial charge in [-0.2, -0.15) is 10.2 Å². The molecule has 0 saturated carbocycles. The van der Waals surface area contributed by atoms with Gasteiger partial charge in [-0.3, -0.25) is 0 Å². The summed E-state index contributed by atoms with van der Waals surface area (Å²) in [5, 5.41) is 10.5. The number of nitrogen functional groups attached to an aromatic ring is 2. The summed E-state index contributed by atoms with van der Waals surface area (Å²) < 4.78 is 11.6. The quantitative estimate of drug-likeness (QED) is 0.592. The van der Waals surface area contributed by atoms with Crippen molar-refractivity contribution >= 4 is 35.0 Å². The van der Waals surface area contributed by atoms with E-state index in [1.165, 1.54) is 0 Å². The van der Waals surface area contributed by atoms with Crippen LogP contribution in [0.25, 0.3) is 11.3 Å². The fraction of sp³-hybridized carbons (Fsp3) is 0.150. The van der Waals surface area contributed by atoms with Crippen molar-refractivity contribution in [1.29, 1.82) is 5.26 Å². The zero-order valence-corrected chi connectivity index (χ0v) is 17.0. The molecule has 29 heavy (non-hydrogen) atoms. The van der Waals surface area contributed by atoms with E-state index < -0.39 is 0 Å². The van der Waals surface area contributed by atoms with Crippen LogP contribution in [0.1, 0.15) is 18.1 Å². The molecule has 1 heterocycles. The molecule has 9 heteroatoms. The van der Waals surface area contributed by atoms with Crippen molar-refractivity contribution in [2.75, 3.05) is 18.1 Å². The first-order chi connectivity index (χ1) is 13.9. The summed E-state index contributed by atoms with van der Waals surface area (Å²) in [6.07, 6.45) is 0. The smallest absolute Gasteiger partial charge is 0.222 e. The second kappa shape index (κ2) is 8.86. The Kier molecular flexibility index (Phi) is 6.27. The van der Waals surface area contributed by atoms with Crippen molar-refractivity contribution in [3.05, 3.63) is 57.6 Å². The molecule has 148 valence electrons. The van der Waals surface area contributed by atoms with Gasteiger partial charge in [-0.25, -0.2) is 4.98 Å². The zero-order chi connectivity index (χ0) is 21.0. The Morgan fingerprint density at radius 3 is 2.52 bits per heavy atom. The molecule has 0 atom stereocenters. The molecule has 0 bridgehead atoms. The van der Waals surface area contributed by atoms with Crippen LogP contribution in [0.3, 0.4) is 0 Å². The molecule has 0 spiro atoms. The largest absolute Gasteiger partial charge is 0.490 e. The van der Waals surface area contributed by atoms with Crippen LogP contribution in [-0.2, 0) is 6.61 Å². The highest BCUT2D eigenvalue weighted by Gasteiger charge is 2.16.